The van der Waals surface area contributed by atoms with Gasteiger partial charge in [0.2, 0.25) is 5.91 Å². The minimum Gasteiger partial charge on any atom is -0.465 e. The third kappa shape index (κ3) is 3.15. The Kier molecular flexibility index (Phi) is 4.21. The molecule has 28 heavy (non-hydrogen) atoms. The maximum atomic E-state index is 12.8. The molecule has 7 nitrogen and oxygen atoms in total. The molecule has 1 N–H and O–H groups in total. The lowest BCUT2D eigenvalue weighted by molar-refractivity contribution is -0.120. The maximum absolute atomic E-state index is 12.8. The SMILES string of the molecule is C[C@H]1CN(C(=O)O)c2cc(-c3cnn(C(C)(C)C)c3)ccc2N1C(=O)C1CC1. The number of hydrogen-bond acceptors (Lipinski definition) is 3. The molecular formula is C21H26N4O3. The van der Waals surface area contributed by atoms with E-state index in [-0.39, 0.29) is 30.0 Å². The zero-order chi connectivity index (χ0) is 20.2. The minimum atomic E-state index is -1.01. The van der Waals surface area contributed by atoms with Gasteiger partial charge in [-0.2, -0.15) is 5.10 Å². The number of aromatic nitrogens is 2. The Morgan fingerprint density at radius 1 is 1.14 bits per heavy atom. The molecule has 1 aliphatic carbocycles. The third-order valence-electron chi connectivity index (χ3n) is 5.41. The zero-order valence-corrected chi connectivity index (χ0v) is 16.7. The van der Waals surface area contributed by atoms with Gasteiger partial charge in [-0.3, -0.25) is 14.4 Å². The van der Waals surface area contributed by atoms with E-state index in [1.54, 1.807) is 11.1 Å². The van der Waals surface area contributed by atoms with Gasteiger partial charge in [-0.05, 0) is 58.2 Å². The molecule has 148 valence electrons. The first-order valence-electron chi connectivity index (χ1n) is 9.70. The largest absolute Gasteiger partial charge is 0.465 e. The Morgan fingerprint density at radius 3 is 2.43 bits per heavy atom. The van der Waals surface area contributed by atoms with Gasteiger partial charge in [0.05, 0.1) is 29.2 Å². The van der Waals surface area contributed by atoms with E-state index in [0.717, 1.165) is 24.0 Å². The monoisotopic (exact) mass is 382 g/mol. The van der Waals surface area contributed by atoms with Crippen molar-refractivity contribution in [2.45, 2.75) is 52.1 Å². The molecule has 1 atom stereocenters. The van der Waals surface area contributed by atoms with Gasteiger partial charge in [0.15, 0.2) is 0 Å². The molecule has 0 unspecified atom stereocenters. The molecule has 0 bridgehead atoms. The predicted molar refractivity (Wildman–Crippen MR) is 108 cm³/mol. The van der Waals surface area contributed by atoms with E-state index in [4.69, 9.17) is 0 Å². The third-order valence-corrected chi connectivity index (χ3v) is 5.41. The second-order valence-corrected chi connectivity index (χ2v) is 8.77. The van der Waals surface area contributed by atoms with Crippen LogP contribution in [0.2, 0.25) is 0 Å². The Hall–Kier alpha value is -2.83. The van der Waals surface area contributed by atoms with Gasteiger partial charge >= 0.3 is 6.09 Å². The van der Waals surface area contributed by atoms with Crippen molar-refractivity contribution in [3.63, 3.8) is 0 Å². The van der Waals surface area contributed by atoms with Crippen molar-refractivity contribution in [1.29, 1.82) is 0 Å². The summed E-state index contributed by atoms with van der Waals surface area (Å²) in [4.78, 5) is 27.8. The molecule has 1 aromatic carbocycles. The van der Waals surface area contributed by atoms with Crippen LogP contribution >= 0.6 is 0 Å². The lowest BCUT2D eigenvalue weighted by Gasteiger charge is -2.40. The molecule has 1 saturated carbocycles. The number of fused-ring (bicyclic) bond motifs is 1. The van der Waals surface area contributed by atoms with E-state index in [1.165, 1.54) is 4.90 Å². The zero-order valence-electron chi connectivity index (χ0n) is 16.7. The standard InChI is InChI=1S/C21H26N4O3/c1-13-11-23(20(27)28)18-9-15(16-10-22-24(12-16)21(2,3)4)7-8-17(18)25(13)19(26)14-5-6-14/h7-10,12-14H,5-6,11H2,1-4H3,(H,27,28)/t13-/m0/s1. The Labute approximate surface area is 164 Å². The van der Waals surface area contributed by atoms with Crippen LogP contribution in [0.15, 0.2) is 30.6 Å². The molecule has 1 aliphatic heterocycles. The van der Waals surface area contributed by atoms with E-state index in [1.807, 2.05) is 36.0 Å². The molecule has 0 radical (unpaired) electrons. The molecule has 7 heteroatoms. The van der Waals surface area contributed by atoms with Crippen LogP contribution in [-0.2, 0) is 10.3 Å². The van der Waals surface area contributed by atoms with Gasteiger partial charge in [-0.15, -0.1) is 0 Å². The second-order valence-electron chi connectivity index (χ2n) is 8.77. The Bertz CT molecular complexity index is 939. The molecule has 2 aromatic rings. The lowest BCUT2D eigenvalue weighted by atomic mass is 10.0. The number of anilines is 2. The summed E-state index contributed by atoms with van der Waals surface area (Å²) in [6.07, 6.45) is 4.59. The lowest BCUT2D eigenvalue weighted by Crippen LogP contribution is -2.52. The normalized spacial score (nSPS) is 19.5. The van der Waals surface area contributed by atoms with Crippen LogP contribution in [0.25, 0.3) is 11.1 Å². The maximum Gasteiger partial charge on any atom is 0.411 e. The highest BCUT2D eigenvalue weighted by Crippen LogP contribution is 2.42. The van der Waals surface area contributed by atoms with Crippen LogP contribution in [0, 0.1) is 5.92 Å². The van der Waals surface area contributed by atoms with Crippen LogP contribution in [0.5, 0.6) is 0 Å². The molecule has 0 saturated heterocycles. The highest BCUT2D eigenvalue weighted by Gasteiger charge is 2.41. The number of rotatable bonds is 2. The van der Waals surface area contributed by atoms with Crippen molar-refractivity contribution >= 4 is 23.4 Å². The van der Waals surface area contributed by atoms with E-state index in [9.17, 15) is 14.7 Å². The number of carboxylic acid groups (broad SMARTS) is 1. The predicted octanol–water partition coefficient (Wildman–Crippen LogP) is 3.93. The Morgan fingerprint density at radius 2 is 1.86 bits per heavy atom. The number of benzene rings is 1. The number of nitrogens with zero attached hydrogens (tertiary/aromatic N) is 4. The summed E-state index contributed by atoms with van der Waals surface area (Å²) in [7, 11) is 0. The summed E-state index contributed by atoms with van der Waals surface area (Å²) in [5, 5.41) is 14.2. The van der Waals surface area contributed by atoms with Crippen LogP contribution < -0.4 is 9.80 Å². The van der Waals surface area contributed by atoms with Gasteiger partial charge in [-0.25, -0.2) is 4.79 Å². The minimum absolute atomic E-state index is 0.0800. The summed E-state index contributed by atoms with van der Waals surface area (Å²) >= 11 is 0. The van der Waals surface area contributed by atoms with E-state index < -0.39 is 6.09 Å². The molecule has 2 heterocycles. The molecule has 0 spiro atoms. The molecule has 2 amide bonds. The first kappa shape index (κ1) is 18.5. The molecule has 4 rings (SSSR count). The number of hydrogen-bond donors (Lipinski definition) is 1. The fourth-order valence-corrected chi connectivity index (χ4v) is 3.69. The topological polar surface area (TPSA) is 78.7 Å². The molecule has 1 fully saturated rings. The second kappa shape index (κ2) is 6.36. The van der Waals surface area contributed by atoms with Crippen LogP contribution in [-0.4, -0.2) is 39.5 Å². The van der Waals surface area contributed by atoms with E-state index in [2.05, 4.69) is 25.9 Å². The molecule has 1 aromatic heterocycles. The summed E-state index contributed by atoms with van der Waals surface area (Å²) < 4.78 is 1.89. The van der Waals surface area contributed by atoms with Crippen molar-refractivity contribution in [3.05, 3.63) is 30.6 Å². The van der Waals surface area contributed by atoms with Gasteiger partial charge in [-0.1, -0.05) is 6.07 Å². The smallest absolute Gasteiger partial charge is 0.411 e. The fourth-order valence-electron chi connectivity index (χ4n) is 3.69. The average molecular weight is 382 g/mol. The Balaban J connectivity index is 1.78. The van der Waals surface area contributed by atoms with Gasteiger partial charge in [0.25, 0.3) is 0 Å². The van der Waals surface area contributed by atoms with Gasteiger partial charge in [0, 0.05) is 24.2 Å². The van der Waals surface area contributed by atoms with Gasteiger partial charge < -0.3 is 10.0 Å². The van der Waals surface area contributed by atoms with Crippen LogP contribution in [0.1, 0.15) is 40.5 Å². The van der Waals surface area contributed by atoms with Gasteiger partial charge in [0.1, 0.15) is 0 Å². The molecule has 2 aliphatic rings. The number of carbonyl (C=O) groups is 2. The van der Waals surface area contributed by atoms with Crippen molar-refractivity contribution in [2.75, 3.05) is 16.3 Å². The first-order chi connectivity index (χ1) is 13.2. The molecular weight excluding hydrogens is 356 g/mol. The van der Waals surface area contributed by atoms with Crippen LogP contribution in [0.3, 0.4) is 0 Å². The highest BCUT2D eigenvalue weighted by molar-refractivity contribution is 6.04. The fraction of sp³-hybridized carbons (Fsp3) is 0.476. The summed E-state index contributed by atoms with van der Waals surface area (Å²) in [5.41, 5.74) is 2.89. The van der Waals surface area contributed by atoms with Crippen molar-refractivity contribution < 1.29 is 14.7 Å². The first-order valence-corrected chi connectivity index (χ1v) is 9.70. The van der Waals surface area contributed by atoms with E-state index in [0.29, 0.717) is 11.4 Å². The van der Waals surface area contributed by atoms with Crippen LogP contribution in [0.4, 0.5) is 16.2 Å². The van der Waals surface area contributed by atoms with Crippen molar-refractivity contribution in [3.8, 4) is 11.1 Å². The van der Waals surface area contributed by atoms with Crippen molar-refractivity contribution in [1.82, 2.24) is 9.78 Å². The summed E-state index contributed by atoms with van der Waals surface area (Å²) in [6, 6.07) is 5.47. The number of amides is 2. The quantitative estimate of drug-likeness (QED) is 0.853. The van der Waals surface area contributed by atoms with E-state index >= 15 is 0 Å². The average Bonchev–Trinajstić information content (AvgIpc) is 3.35. The highest BCUT2D eigenvalue weighted by atomic mass is 16.4. The summed E-state index contributed by atoms with van der Waals surface area (Å²) in [6.45, 7) is 8.40. The number of carbonyl (C=O) groups excluding carboxylic acids is 1. The summed E-state index contributed by atoms with van der Waals surface area (Å²) in [5.74, 6) is 0.184. The van der Waals surface area contributed by atoms with Crippen molar-refractivity contribution in [2.24, 2.45) is 5.92 Å².